The van der Waals surface area contributed by atoms with Crippen molar-refractivity contribution in [3.8, 4) is 22.6 Å². The van der Waals surface area contributed by atoms with Crippen molar-refractivity contribution in [2.24, 2.45) is 0 Å². The number of ether oxygens (including phenoxy) is 2. The van der Waals surface area contributed by atoms with Gasteiger partial charge < -0.3 is 19.9 Å². The Morgan fingerprint density at radius 1 is 1.10 bits per heavy atom. The second-order valence-electron chi connectivity index (χ2n) is 6.31. The number of carbonyl (C=O) groups is 1. The minimum absolute atomic E-state index is 0.00126. The van der Waals surface area contributed by atoms with E-state index in [1.807, 2.05) is 0 Å². The number of aromatic carboxylic acids is 1. The van der Waals surface area contributed by atoms with Gasteiger partial charge in [0.05, 0.1) is 7.11 Å². The number of carboxylic acids is 1. The predicted molar refractivity (Wildman–Crippen MR) is 104 cm³/mol. The minimum Gasteiger partial charge on any atom is -0.496 e. The predicted octanol–water partition coefficient (Wildman–Crippen LogP) is 5.11. The smallest absolute Gasteiger partial charge is 0.496 e. The van der Waals surface area contributed by atoms with E-state index in [-0.39, 0.29) is 23.4 Å². The summed E-state index contributed by atoms with van der Waals surface area (Å²) < 4.78 is 59.7. The lowest BCUT2D eigenvalue weighted by Gasteiger charge is -2.12. The third-order valence-corrected chi connectivity index (χ3v) is 4.24. The van der Waals surface area contributed by atoms with Gasteiger partial charge in [0.1, 0.15) is 28.7 Å². The zero-order valence-corrected chi connectivity index (χ0v) is 16.0. The number of alkyl halides is 3. The molecule has 31 heavy (non-hydrogen) atoms. The van der Waals surface area contributed by atoms with Gasteiger partial charge in [0.15, 0.2) is 0 Å². The van der Waals surface area contributed by atoms with E-state index in [0.29, 0.717) is 16.9 Å². The van der Waals surface area contributed by atoms with Gasteiger partial charge >= 0.3 is 12.3 Å². The van der Waals surface area contributed by atoms with Crippen LogP contribution in [0.15, 0.2) is 54.7 Å². The lowest BCUT2D eigenvalue weighted by atomic mass is 10.0. The number of benzene rings is 2. The van der Waals surface area contributed by atoms with Crippen LogP contribution in [0.1, 0.15) is 15.9 Å². The fourth-order valence-corrected chi connectivity index (χ4v) is 2.79. The largest absolute Gasteiger partial charge is 0.573 e. The van der Waals surface area contributed by atoms with Gasteiger partial charge in [-0.25, -0.2) is 14.2 Å². The Bertz CT molecular complexity index is 1090. The summed E-state index contributed by atoms with van der Waals surface area (Å²) in [6, 6.07) is 10.6. The molecule has 0 radical (unpaired) electrons. The molecular weight excluding hydrogens is 420 g/mol. The highest BCUT2D eigenvalue weighted by molar-refractivity contribution is 5.92. The van der Waals surface area contributed by atoms with Crippen LogP contribution in [-0.4, -0.2) is 29.5 Å². The molecule has 0 spiro atoms. The summed E-state index contributed by atoms with van der Waals surface area (Å²) in [6.07, 6.45) is -3.39. The first-order valence-corrected chi connectivity index (χ1v) is 8.82. The first kappa shape index (κ1) is 21.9. The number of anilines is 1. The Morgan fingerprint density at radius 2 is 1.84 bits per heavy atom. The monoisotopic (exact) mass is 436 g/mol. The first-order chi connectivity index (χ1) is 14.7. The lowest BCUT2D eigenvalue weighted by Crippen LogP contribution is -2.17. The molecule has 3 rings (SSSR count). The maximum atomic E-state index is 13.9. The van der Waals surface area contributed by atoms with Crippen molar-refractivity contribution in [2.75, 3.05) is 12.4 Å². The molecule has 1 heterocycles. The fraction of sp³-hybridized carbons (Fsp3) is 0.143. The Hall–Kier alpha value is -3.82. The van der Waals surface area contributed by atoms with E-state index >= 15 is 0 Å². The summed E-state index contributed by atoms with van der Waals surface area (Å²) >= 11 is 0. The number of carboxylic acid groups (broad SMARTS) is 1. The molecule has 0 atom stereocenters. The van der Waals surface area contributed by atoms with Crippen molar-refractivity contribution in [3.05, 3.63) is 71.7 Å². The van der Waals surface area contributed by atoms with Crippen molar-refractivity contribution < 1.29 is 36.9 Å². The van der Waals surface area contributed by atoms with Crippen LogP contribution >= 0.6 is 0 Å². The van der Waals surface area contributed by atoms with Crippen LogP contribution in [0.25, 0.3) is 11.1 Å². The van der Waals surface area contributed by atoms with Crippen LogP contribution in [-0.2, 0) is 6.54 Å². The average Bonchev–Trinajstić information content (AvgIpc) is 2.73. The van der Waals surface area contributed by atoms with Crippen molar-refractivity contribution >= 4 is 11.8 Å². The standard InChI is InChI=1S/C21H16F4N2O4/c1-30-18-6-2-12(9-16(18)20(28)29)13-3-7-19(26-10-13)27-11-14-8-15(4-5-17(14)22)31-21(23,24)25/h2-10H,11H2,1H3,(H,26,27)(H,28,29). The zero-order valence-electron chi connectivity index (χ0n) is 16.0. The van der Waals surface area contributed by atoms with Crippen molar-refractivity contribution in [2.45, 2.75) is 12.9 Å². The first-order valence-electron chi connectivity index (χ1n) is 8.82. The van der Waals surface area contributed by atoms with Gasteiger partial charge in [-0.2, -0.15) is 0 Å². The lowest BCUT2D eigenvalue weighted by molar-refractivity contribution is -0.274. The summed E-state index contributed by atoms with van der Waals surface area (Å²) in [5.74, 6) is -1.79. The summed E-state index contributed by atoms with van der Waals surface area (Å²) in [6.45, 7) is -0.126. The number of aromatic nitrogens is 1. The van der Waals surface area contributed by atoms with Gasteiger partial charge in [-0.3, -0.25) is 0 Å². The molecule has 2 N–H and O–H groups in total. The summed E-state index contributed by atoms with van der Waals surface area (Å²) in [5.41, 5.74) is 1.19. The van der Waals surface area contributed by atoms with Crippen LogP contribution in [0, 0.1) is 5.82 Å². The topological polar surface area (TPSA) is 80.7 Å². The van der Waals surface area contributed by atoms with Crippen LogP contribution in [0.3, 0.4) is 0 Å². The third-order valence-electron chi connectivity index (χ3n) is 4.24. The molecule has 0 bridgehead atoms. The number of pyridine rings is 1. The molecule has 0 aliphatic rings. The van der Waals surface area contributed by atoms with Gasteiger partial charge in [-0.1, -0.05) is 6.07 Å². The molecule has 10 heteroatoms. The molecule has 0 amide bonds. The van der Waals surface area contributed by atoms with Crippen LogP contribution in [0.4, 0.5) is 23.4 Å². The van der Waals surface area contributed by atoms with Crippen molar-refractivity contribution in [1.29, 1.82) is 0 Å². The molecule has 0 aliphatic carbocycles. The number of hydrogen-bond acceptors (Lipinski definition) is 5. The van der Waals surface area contributed by atoms with Gasteiger partial charge in [-0.05, 0) is 48.0 Å². The molecule has 162 valence electrons. The number of nitrogens with zero attached hydrogens (tertiary/aromatic N) is 1. The number of nitrogens with one attached hydrogen (secondary N) is 1. The van der Waals surface area contributed by atoms with Crippen LogP contribution < -0.4 is 14.8 Å². The van der Waals surface area contributed by atoms with E-state index < -0.39 is 23.9 Å². The second-order valence-corrected chi connectivity index (χ2v) is 6.31. The molecule has 0 fully saturated rings. The third kappa shape index (κ3) is 5.62. The van der Waals surface area contributed by atoms with E-state index in [0.717, 1.165) is 18.2 Å². The maximum absolute atomic E-state index is 13.9. The van der Waals surface area contributed by atoms with Crippen molar-refractivity contribution in [1.82, 2.24) is 4.98 Å². The number of hydrogen-bond donors (Lipinski definition) is 2. The fourth-order valence-electron chi connectivity index (χ4n) is 2.79. The Balaban J connectivity index is 1.73. The quantitative estimate of drug-likeness (QED) is 0.502. The minimum atomic E-state index is -4.87. The molecule has 6 nitrogen and oxygen atoms in total. The van der Waals surface area contributed by atoms with Crippen molar-refractivity contribution in [3.63, 3.8) is 0 Å². The molecule has 0 saturated heterocycles. The van der Waals surface area contributed by atoms with E-state index in [1.54, 1.807) is 18.2 Å². The van der Waals surface area contributed by atoms with Crippen LogP contribution in [0.5, 0.6) is 11.5 Å². The highest BCUT2D eigenvalue weighted by atomic mass is 19.4. The molecule has 1 aromatic heterocycles. The van der Waals surface area contributed by atoms with E-state index in [2.05, 4.69) is 15.0 Å². The number of halogens is 4. The Kier molecular flexibility index (Phi) is 6.28. The molecular formula is C21H16F4N2O4. The van der Waals surface area contributed by atoms with Crippen LogP contribution in [0.2, 0.25) is 0 Å². The normalized spacial score (nSPS) is 11.1. The second kappa shape index (κ2) is 8.90. The molecule has 0 aliphatic heterocycles. The van der Waals surface area contributed by atoms with Gasteiger partial charge in [0.25, 0.3) is 0 Å². The summed E-state index contributed by atoms with van der Waals surface area (Å²) in [7, 11) is 1.37. The molecule has 3 aromatic rings. The Labute approximate surface area is 174 Å². The highest BCUT2D eigenvalue weighted by Crippen LogP contribution is 2.28. The number of rotatable bonds is 7. The number of methoxy groups -OCH3 is 1. The van der Waals surface area contributed by atoms with Gasteiger partial charge in [0.2, 0.25) is 0 Å². The summed E-state index contributed by atoms with van der Waals surface area (Å²) in [4.78, 5) is 15.5. The average molecular weight is 436 g/mol. The highest BCUT2D eigenvalue weighted by Gasteiger charge is 2.31. The van der Waals surface area contributed by atoms with E-state index in [9.17, 15) is 27.5 Å². The van der Waals surface area contributed by atoms with Gasteiger partial charge in [0, 0.05) is 23.9 Å². The Morgan fingerprint density at radius 3 is 2.45 bits per heavy atom. The zero-order chi connectivity index (χ0) is 22.6. The SMILES string of the molecule is COc1ccc(-c2ccc(NCc3cc(OC(F)(F)F)ccc3F)nc2)cc1C(=O)O. The van der Waals surface area contributed by atoms with E-state index in [1.165, 1.54) is 25.4 Å². The van der Waals surface area contributed by atoms with Gasteiger partial charge in [-0.15, -0.1) is 13.2 Å². The molecule has 0 saturated carbocycles. The van der Waals surface area contributed by atoms with E-state index in [4.69, 9.17) is 4.74 Å². The molecule has 0 unspecified atom stereocenters. The maximum Gasteiger partial charge on any atom is 0.573 e. The summed E-state index contributed by atoms with van der Waals surface area (Å²) in [5, 5.41) is 12.1. The molecule has 2 aromatic carbocycles.